The molecule has 9 rings (SSSR count). The van der Waals surface area contributed by atoms with Gasteiger partial charge in [0.1, 0.15) is 0 Å². The fourth-order valence-electron chi connectivity index (χ4n) is 7.43. The zero-order valence-electron chi connectivity index (χ0n) is 28.3. The molecular weight excluding hydrogens is 621 g/mol. The largest absolute Gasteiger partial charge is 0.256 e. The number of fused-ring (bicyclic) bond motifs is 4. The molecule has 2 heterocycles. The van der Waals surface area contributed by atoms with Gasteiger partial charge < -0.3 is 0 Å². The number of rotatable bonds is 5. The van der Waals surface area contributed by atoms with Crippen molar-refractivity contribution in [2.45, 2.75) is 19.3 Å². The average molecular weight is 653 g/mol. The molecule has 6 aromatic carbocycles. The fraction of sp³-hybridized carbons (Fsp3) is 0.0638. The van der Waals surface area contributed by atoms with E-state index in [-0.39, 0.29) is 5.41 Å². The Hall–Kier alpha value is -6.70. The van der Waals surface area contributed by atoms with Crippen molar-refractivity contribution < 1.29 is 0 Å². The molecule has 0 radical (unpaired) electrons. The van der Waals surface area contributed by atoms with Crippen LogP contribution < -0.4 is 0 Å². The molecular formula is C47H32N4. The van der Waals surface area contributed by atoms with E-state index >= 15 is 0 Å². The molecule has 0 spiro atoms. The minimum absolute atomic E-state index is 0.207. The quantitative estimate of drug-likeness (QED) is 0.186. The van der Waals surface area contributed by atoms with E-state index in [1.165, 1.54) is 16.7 Å². The molecule has 0 aliphatic heterocycles. The Morgan fingerprint density at radius 1 is 0.490 bits per heavy atom. The smallest absolute Gasteiger partial charge is 0.160 e. The number of nitrogens with zero attached hydrogens (tertiary/aromatic N) is 4. The molecule has 51 heavy (non-hydrogen) atoms. The molecule has 1 aliphatic carbocycles. The third-order valence-electron chi connectivity index (χ3n) is 10.1. The maximum Gasteiger partial charge on any atom is 0.160 e. The first-order valence-corrected chi connectivity index (χ1v) is 17.2. The van der Waals surface area contributed by atoms with Crippen molar-refractivity contribution in [3.8, 4) is 73.4 Å². The van der Waals surface area contributed by atoms with Crippen LogP contribution in [0.15, 0.2) is 158 Å². The lowest BCUT2D eigenvalue weighted by molar-refractivity contribution is 0.660. The number of hydrogen-bond donors (Lipinski definition) is 0. The maximum absolute atomic E-state index is 9.64. The van der Waals surface area contributed by atoms with E-state index < -0.39 is 0 Å². The third-order valence-corrected chi connectivity index (χ3v) is 10.1. The highest BCUT2D eigenvalue weighted by atomic mass is 14.9. The van der Waals surface area contributed by atoms with Gasteiger partial charge in [-0.2, -0.15) is 5.26 Å². The van der Waals surface area contributed by atoms with Crippen molar-refractivity contribution in [3.63, 3.8) is 0 Å². The highest BCUT2D eigenvalue weighted by Crippen LogP contribution is 2.50. The molecule has 0 bridgehead atoms. The van der Waals surface area contributed by atoms with Gasteiger partial charge in [-0.25, -0.2) is 9.97 Å². The Morgan fingerprint density at radius 2 is 1.16 bits per heavy atom. The zero-order valence-corrected chi connectivity index (χ0v) is 28.3. The Balaban J connectivity index is 1.26. The van der Waals surface area contributed by atoms with Crippen LogP contribution in [0, 0.1) is 11.3 Å². The normalized spacial score (nSPS) is 12.6. The summed E-state index contributed by atoms with van der Waals surface area (Å²) in [5, 5.41) is 10.7. The molecule has 0 saturated carbocycles. The van der Waals surface area contributed by atoms with E-state index in [4.69, 9.17) is 9.97 Å². The van der Waals surface area contributed by atoms with Crippen molar-refractivity contribution in [2.24, 2.45) is 0 Å². The van der Waals surface area contributed by atoms with E-state index in [0.717, 1.165) is 66.8 Å². The van der Waals surface area contributed by atoms with Crippen LogP contribution in [0.2, 0.25) is 0 Å². The standard InChI is InChI=1S/C47H32N4/c1-47(2)41-20-15-30(29-48)22-40(41)39-19-18-34(26-42(39)47)36-23-37(35-17-16-32-14-9-21-49-43(32)27-35)25-38(24-36)45-28-44(31-10-5-3-6-11-31)50-46(51-45)33-12-7-4-8-13-33/h3-28H,1-2H3. The summed E-state index contributed by atoms with van der Waals surface area (Å²) >= 11 is 0. The molecule has 0 amide bonds. The predicted octanol–water partition coefficient (Wildman–Crippen LogP) is 11.5. The number of hydrogen-bond acceptors (Lipinski definition) is 4. The van der Waals surface area contributed by atoms with Crippen LogP contribution in [0.4, 0.5) is 0 Å². The van der Waals surface area contributed by atoms with Crippen molar-refractivity contribution in [1.29, 1.82) is 5.26 Å². The van der Waals surface area contributed by atoms with Gasteiger partial charge >= 0.3 is 0 Å². The summed E-state index contributed by atoms with van der Waals surface area (Å²) in [6.45, 7) is 4.54. The van der Waals surface area contributed by atoms with E-state index in [9.17, 15) is 5.26 Å². The number of pyridine rings is 1. The molecule has 0 unspecified atom stereocenters. The van der Waals surface area contributed by atoms with Gasteiger partial charge in [0.25, 0.3) is 0 Å². The van der Waals surface area contributed by atoms with Crippen LogP contribution >= 0.6 is 0 Å². The summed E-state index contributed by atoms with van der Waals surface area (Å²) in [6, 6.07) is 55.0. The Morgan fingerprint density at radius 3 is 1.90 bits per heavy atom. The average Bonchev–Trinajstić information content (AvgIpc) is 3.42. The van der Waals surface area contributed by atoms with Crippen LogP contribution in [0.1, 0.15) is 30.5 Å². The molecule has 0 atom stereocenters. The summed E-state index contributed by atoms with van der Waals surface area (Å²) in [7, 11) is 0. The van der Waals surface area contributed by atoms with Gasteiger partial charge in [-0.15, -0.1) is 0 Å². The first kappa shape index (κ1) is 30.4. The Kier molecular flexibility index (Phi) is 7.15. The zero-order chi connectivity index (χ0) is 34.5. The number of nitriles is 1. The highest BCUT2D eigenvalue weighted by Gasteiger charge is 2.35. The molecule has 0 fully saturated rings. The predicted molar refractivity (Wildman–Crippen MR) is 207 cm³/mol. The van der Waals surface area contributed by atoms with Gasteiger partial charge in [-0.1, -0.05) is 111 Å². The van der Waals surface area contributed by atoms with E-state index in [0.29, 0.717) is 11.4 Å². The van der Waals surface area contributed by atoms with Crippen molar-refractivity contribution in [2.75, 3.05) is 0 Å². The minimum Gasteiger partial charge on any atom is -0.256 e. The first-order valence-electron chi connectivity index (χ1n) is 17.2. The molecule has 8 aromatic rings. The summed E-state index contributed by atoms with van der Waals surface area (Å²) < 4.78 is 0. The second-order valence-corrected chi connectivity index (χ2v) is 13.7. The van der Waals surface area contributed by atoms with Crippen LogP contribution in [0.25, 0.3) is 78.2 Å². The second kappa shape index (κ2) is 12.0. The summed E-state index contributed by atoms with van der Waals surface area (Å²) in [6.07, 6.45) is 1.84. The van der Waals surface area contributed by atoms with Crippen LogP contribution in [0.5, 0.6) is 0 Å². The minimum atomic E-state index is -0.207. The lowest BCUT2D eigenvalue weighted by Gasteiger charge is -2.22. The monoisotopic (exact) mass is 652 g/mol. The second-order valence-electron chi connectivity index (χ2n) is 13.7. The topological polar surface area (TPSA) is 62.5 Å². The van der Waals surface area contributed by atoms with Crippen molar-refractivity contribution >= 4 is 10.9 Å². The summed E-state index contributed by atoms with van der Waals surface area (Å²) in [4.78, 5) is 14.9. The van der Waals surface area contributed by atoms with E-state index in [1.54, 1.807) is 0 Å². The SMILES string of the molecule is CC1(C)c2ccc(C#N)cc2-c2ccc(-c3cc(-c4ccc5cccnc5c4)cc(-c4cc(-c5ccccc5)nc(-c5ccccc5)n4)c3)cc21. The lowest BCUT2D eigenvalue weighted by atomic mass is 9.81. The highest BCUT2D eigenvalue weighted by molar-refractivity contribution is 5.89. The first-order chi connectivity index (χ1) is 24.9. The lowest BCUT2D eigenvalue weighted by Crippen LogP contribution is -2.15. The maximum atomic E-state index is 9.64. The molecule has 4 heteroatoms. The van der Waals surface area contributed by atoms with E-state index in [1.807, 2.05) is 60.8 Å². The molecule has 240 valence electrons. The molecule has 0 saturated heterocycles. The summed E-state index contributed by atoms with van der Waals surface area (Å²) in [5.74, 6) is 0.683. The van der Waals surface area contributed by atoms with Crippen LogP contribution in [0.3, 0.4) is 0 Å². The number of benzene rings is 6. The Bertz CT molecular complexity index is 2610. The third kappa shape index (κ3) is 5.37. The molecule has 0 N–H and O–H groups in total. The van der Waals surface area contributed by atoms with Gasteiger partial charge in [-0.05, 0) is 99.1 Å². The molecule has 2 aromatic heterocycles. The van der Waals surface area contributed by atoms with Crippen molar-refractivity contribution in [3.05, 3.63) is 175 Å². The van der Waals surface area contributed by atoms with Crippen LogP contribution in [-0.2, 0) is 5.41 Å². The molecule has 1 aliphatic rings. The van der Waals surface area contributed by atoms with Gasteiger partial charge in [-0.3, -0.25) is 4.98 Å². The van der Waals surface area contributed by atoms with Crippen molar-refractivity contribution in [1.82, 2.24) is 15.0 Å². The van der Waals surface area contributed by atoms with Gasteiger partial charge in [0, 0.05) is 33.7 Å². The number of aromatic nitrogens is 3. The van der Waals surface area contributed by atoms with E-state index in [2.05, 4.69) is 122 Å². The fourth-order valence-corrected chi connectivity index (χ4v) is 7.43. The van der Waals surface area contributed by atoms with Gasteiger partial charge in [0.05, 0.1) is 28.5 Å². The Labute approximate surface area is 297 Å². The van der Waals surface area contributed by atoms with Gasteiger partial charge in [0.2, 0.25) is 0 Å². The van der Waals surface area contributed by atoms with Crippen LogP contribution in [-0.4, -0.2) is 15.0 Å². The summed E-state index contributed by atoms with van der Waals surface area (Å²) in [5.41, 5.74) is 15.4. The molecule has 4 nitrogen and oxygen atoms in total. The van der Waals surface area contributed by atoms with Gasteiger partial charge in [0.15, 0.2) is 5.82 Å².